The Morgan fingerprint density at radius 1 is 1.36 bits per heavy atom. The SMILES string of the molecule is COc1cc([N+](=O)[O-])ccc1NC(=O)CSc1nn(-c2ccccc2)c(=S)s1. The summed E-state index contributed by atoms with van der Waals surface area (Å²) in [6.07, 6.45) is 0. The molecular formula is C17H14N4O4S3. The van der Waals surface area contributed by atoms with Crippen molar-refractivity contribution in [2.45, 2.75) is 4.34 Å². The molecule has 1 N–H and O–H groups in total. The highest BCUT2D eigenvalue weighted by Gasteiger charge is 2.14. The zero-order valence-corrected chi connectivity index (χ0v) is 17.0. The van der Waals surface area contributed by atoms with E-state index in [2.05, 4.69) is 10.4 Å². The minimum atomic E-state index is -0.527. The van der Waals surface area contributed by atoms with Crippen LogP contribution in [0.15, 0.2) is 52.9 Å². The van der Waals surface area contributed by atoms with Gasteiger partial charge in [-0.2, -0.15) is 0 Å². The number of thioether (sulfide) groups is 1. The van der Waals surface area contributed by atoms with E-state index < -0.39 is 4.92 Å². The van der Waals surface area contributed by atoms with Crippen LogP contribution in [0.1, 0.15) is 0 Å². The second-order valence-electron chi connectivity index (χ2n) is 5.36. The summed E-state index contributed by atoms with van der Waals surface area (Å²) in [6, 6.07) is 13.5. The molecule has 0 aliphatic rings. The number of rotatable bonds is 7. The smallest absolute Gasteiger partial charge is 0.273 e. The van der Waals surface area contributed by atoms with Crippen LogP contribution >= 0.6 is 35.3 Å². The molecule has 11 heteroatoms. The first kappa shape index (κ1) is 20.0. The Bertz CT molecular complexity index is 1070. The van der Waals surface area contributed by atoms with E-state index in [1.807, 2.05) is 30.3 Å². The van der Waals surface area contributed by atoms with E-state index in [-0.39, 0.29) is 23.1 Å². The van der Waals surface area contributed by atoms with E-state index in [1.54, 1.807) is 4.68 Å². The lowest BCUT2D eigenvalue weighted by molar-refractivity contribution is -0.384. The number of hydrogen-bond donors (Lipinski definition) is 1. The molecule has 3 rings (SSSR count). The summed E-state index contributed by atoms with van der Waals surface area (Å²) in [5.74, 6) is 0.0399. The summed E-state index contributed by atoms with van der Waals surface area (Å²) in [5.41, 5.74) is 1.10. The van der Waals surface area contributed by atoms with Crippen molar-refractivity contribution in [3.8, 4) is 11.4 Å². The summed E-state index contributed by atoms with van der Waals surface area (Å²) < 4.78 is 8.02. The molecule has 1 aromatic heterocycles. The molecule has 2 aromatic carbocycles. The highest BCUT2D eigenvalue weighted by atomic mass is 32.2. The fourth-order valence-electron chi connectivity index (χ4n) is 2.26. The van der Waals surface area contributed by atoms with Gasteiger partial charge in [-0.15, -0.1) is 5.10 Å². The zero-order valence-electron chi connectivity index (χ0n) is 14.5. The number of nitro benzene ring substituents is 1. The third-order valence-electron chi connectivity index (χ3n) is 3.53. The molecule has 3 aromatic rings. The molecule has 28 heavy (non-hydrogen) atoms. The molecule has 1 heterocycles. The van der Waals surface area contributed by atoms with Crippen LogP contribution in [0, 0.1) is 14.1 Å². The number of methoxy groups -OCH3 is 1. The number of para-hydroxylation sites is 1. The Morgan fingerprint density at radius 2 is 2.11 bits per heavy atom. The topological polar surface area (TPSA) is 99.3 Å². The van der Waals surface area contributed by atoms with Gasteiger partial charge in [0.05, 0.1) is 35.2 Å². The van der Waals surface area contributed by atoms with Crippen molar-refractivity contribution in [3.63, 3.8) is 0 Å². The summed E-state index contributed by atoms with van der Waals surface area (Å²) in [4.78, 5) is 22.6. The van der Waals surface area contributed by atoms with Gasteiger partial charge in [0, 0.05) is 6.07 Å². The standard InChI is InChI=1S/C17H14N4O4S3/c1-25-14-9-12(21(23)24)7-8-13(14)18-15(22)10-27-16-19-20(17(26)28-16)11-5-3-2-4-6-11/h2-9H,10H2,1H3,(H,18,22). The number of carbonyl (C=O) groups is 1. The van der Waals surface area contributed by atoms with Crippen LogP contribution in [0.4, 0.5) is 11.4 Å². The Morgan fingerprint density at radius 3 is 2.79 bits per heavy atom. The molecular weight excluding hydrogens is 420 g/mol. The Labute approximate surface area is 173 Å². The van der Waals surface area contributed by atoms with E-state index in [0.29, 0.717) is 14.0 Å². The van der Waals surface area contributed by atoms with Gasteiger partial charge < -0.3 is 10.1 Å². The van der Waals surface area contributed by atoms with Crippen LogP contribution in [0.25, 0.3) is 5.69 Å². The number of benzene rings is 2. The summed E-state index contributed by atoms with van der Waals surface area (Å²) in [5, 5.41) is 18.0. The van der Waals surface area contributed by atoms with Gasteiger partial charge >= 0.3 is 0 Å². The van der Waals surface area contributed by atoms with Crippen molar-refractivity contribution in [2.75, 3.05) is 18.2 Å². The van der Waals surface area contributed by atoms with Crippen molar-refractivity contribution < 1.29 is 14.5 Å². The Balaban J connectivity index is 1.65. The zero-order chi connectivity index (χ0) is 20.1. The molecule has 0 bridgehead atoms. The van der Waals surface area contributed by atoms with Gasteiger partial charge in [-0.3, -0.25) is 14.9 Å². The second-order valence-corrected chi connectivity index (χ2v) is 8.20. The van der Waals surface area contributed by atoms with Gasteiger partial charge in [0.2, 0.25) is 5.91 Å². The summed E-state index contributed by atoms with van der Waals surface area (Å²) in [7, 11) is 1.38. The van der Waals surface area contributed by atoms with Gasteiger partial charge in [-0.1, -0.05) is 41.3 Å². The Hall–Kier alpha value is -2.76. The summed E-state index contributed by atoms with van der Waals surface area (Å²) >= 11 is 7.92. The highest BCUT2D eigenvalue weighted by Crippen LogP contribution is 2.30. The lowest BCUT2D eigenvalue weighted by Crippen LogP contribution is -2.14. The maximum Gasteiger partial charge on any atom is 0.273 e. The van der Waals surface area contributed by atoms with E-state index in [9.17, 15) is 14.9 Å². The number of hydrogen-bond acceptors (Lipinski definition) is 8. The van der Waals surface area contributed by atoms with Crippen molar-refractivity contribution in [2.24, 2.45) is 0 Å². The molecule has 8 nitrogen and oxygen atoms in total. The second kappa shape index (κ2) is 8.95. The van der Waals surface area contributed by atoms with Crippen molar-refractivity contribution in [1.82, 2.24) is 9.78 Å². The van der Waals surface area contributed by atoms with Crippen molar-refractivity contribution >= 4 is 52.6 Å². The van der Waals surface area contributed by atoms with Crippen LogP contribution in [0.5, 0.6) is 5.75 Å². The molecule has 144 valence electrons. The molecule has 0 unspecified atom stereocenters. The average molecular weight is 435 g/mol. The van der Waals surface area contributed by atoms with Crippen molar-refractivity contribution in [1.29, 1.82) is 0 Å². The molecule has 1 amide bonds. The van der Waals surface area contributed by atoms with Crippen LogP contribution in [0.2, 0.25) is 0 Å². The predicted octanol–water partition coefficient (Wildman–Crippen LogP) is 4.31. The first-order valence-corrected chi connectivity index (χ1v) is 10.1. The lowest BCUT2D eigenvalue weighted by atomic mass is 10.2. The van der Waals surface area contributed by atoms with Crippen LogP contribution in [0.3, 0.4) is 0 Å². The van der Waals surface area contributed by atoms with Crippen LogP contribution < -0.4 is 10.1 Å². The first-order valence-electron chi connectivity index (χ1n) is 7.88. The third-order valence-corrected chi connectivity index (χ3v) is 5.89. The third kappa shape index (κ3) is 4.74. The molecule has 0 saturated heterocycles. The molecule has 0 aliphatic heterocycles. The number of aromatic nitrogens is 2. The fraction of sp³-hybridized carbons (Fsp3) is 0.118. The molecule has 0 spiro atoms. The van der Waals surface area contributed by atoms with Gasteiger partial charge in [-0.25, -0.2) is 4.68 Å². The number of amides is 1. The molecule has 0 atom stereocenters. The minimum Gasteiger partial charge on any atom is -0.494 e. The van der Waals surface area contributed by atoms with E-state index in [1.165, 1.54) is 48.4 Å². The molecule has 0 saturated carbocycles. The number of anilines is 1. The number of ether oxygens (including phenoxy) is 1. The van der Waals surface area contributed by atoms with E-state index >= 15 is 0 Å². The maximum absolute atomic E-state index is 12.3. The largest absolute Gasteiger partial charge is 0.494 e. The Kier molecular flexibility index (Phi) is 6.39. The lowest BCUT2D eigenvalue weighted by Gasteiger charge is -2.09. The number of nitrogens with zero attached hydrogens (tertiary/aromatic N) is 3. The number of nitro groups is 1. The average Bonchev–Trinajstić information content (AvgIpc) is 3.08. The number of non-ortho nitro benzene ring substituents is 1. The highest BCUT2D eigenvalue weighted by molar-refractivity contribution is 8.01. The van der Waals surface area contributed by atoms with Gasteiger partial charge in [-0.05, 0) is 30.4 Å². The molecule has 0 fully saturated rings. The predicted molar refractivity (Wildman–Crippen MR) is 111 cm³/mol. The van der Waals surface area contributed by atoms with Gasteiger partial charge in [0.15, 0.2) is 8.29 Å². The monoisotopic (exact) mass is 434 g/mol. The first-order chi connectivity index (χ1) is 13.5. The van der Waals surface area contributed by atoms with E-state index in [4.69, 9.17) is 17.0 Å². The number of carbonyl (C=O) groups excluding carboxylic acids is 1. The fourth-order valence-corrected chi connectivity index (χ4v) is 4.42. The summed E-state index contributed by atoms with van der Waals surface area (Å²) in [6.45, 7) is 0. The van der Waals surface area contributed by atoms with Crippen LogP contribution in [-0.2, 0) is 4.79 Å². The maximum atomic E-state index is 12.3. The molecule has 0 aliphatic carbocycles. The van der Waals surface area contributed by atoms with Gasteiger partial charge in [0.1, 0.15) is 5.75 Å². The van der Waals surface area contributed by atoms with Crippen molar-refractivity contribution in [3.05, 3.63) is 62.6 Å². The molecule has 0 radical (unpaired) electrons. The normalized spacial score (nSPS) is 10.5. The minimum absolute atomic E-state index is 0.108. The number of nitrogens with one attached hydrogen (secondary N) is 1. The van der Waals surface area contributed by atoms with Crippen LogP contribution in [-0.4, -0.2) is 33.5 Å². The van der Waals surface area contributed by atoms with Gasteiger partial charge in [0.25, 0.3) is 5.69 Å². The van der Waals surface area contributed by atoms with E-state index in [0.717, 1.165) is 5.69 Å². The quantitative estimate of drug-likeness (QED) is 0.256.